The zero-order valence-electron chi connectivity index (χ0n) is 27.2. The van der Waals surface area contributed by atoms with Crippen LogP contribution in [0.2, 0.25) is 0 Å². The molecule has 6 nitrogen and oxygen atoms in total. The first-order valence-corrected chi connectivity index (χ1v) is 17.3. The van der Waals surface area contributed by atoms with Gasteiger partial charge in [0.1, 0.15) is 12.4 Å². The maximum atomic E-state index is 12.3. The molecular formula is C40H42O6S. The molecular weight excluding hydrogens is 609 g/mol. The third-order valence-corrected chi connectivity index (χ3v) is 9.46. The molecule has 0 aromatic heterocycles. The van der Waals surface area contributed by atoms with E-state index in [9.17, 15) is 8.42 Å². The fourth-order valence-corrected chi connectivity index (χ4v) is 6.85. The standard InChI is InChI=1S/C40H42O6S/c1-31-19-21-38(22-20-31)47(41,42)46-28-26-44-24-23-43-25-27-45-39-32(2)29-37(30-33(39)3)40(34-13-7-4-8-14-34,35-15-9-5-10-16-35)36-17-11-6-12-18-36/h4-22,29-30H,23-28H2,1-3H3. The first kappa shape index (κ1) is 34.1. The summed E-state index contributed by atoms with van der Waals surface area (Å²) in [6.07, 6.45) is 0. The number of hydrogen-bond acceptors (Lipinski definition) is 6. The van der Waals surface area contributed by atoms with Crippen molar-refractivity contribution in [2.75, 3.05) is 39.6 Å². The Bertz CT molecular complexity index is 1690. The molecule has 7 heteroatoms. The van der Waals surface area contributed by atoms with Crippen LogP contribution in [0.5, 0.6) is 5.75 Å². The molecule has 0 saturated carbocycles. The van der Waals surface area contributed by atoms with Gasteiger partial charge in [-0.2, -0.15) is 8.42 Å². The fourth-order valence-electron chi connectivity index (χ4n) is 5.96. The second-order valence-electron chi connectivity index (χ2n) is 11.4. The summed E-state index contributed by atoms with van der Waals surface area (Å²) in [5.74, 6) is 0.851. The summed E-state index contributed by atoms with van der Waals surface area (Å²) in [4.78, 5) is 0.134. The molecule has 0 atom stereocenters. The van der Waals surface area contributed by atoms with E-state index in [0.29, 0.717) is 26.4 Å². The highest BCUT2D eigenvalue weighted by molar-refractivity contribution is 7.86. The van der Waals surface area contributed by atoms with E-state index in [1.54, 1.807) is 12.1 Å². The van der Waals surface area contributed by atoms with Crippen molar-refractivity contribution in [2.45, 2.75) is 31.1 Å². The van der Waals surface area contributed by atoms with Gasteiger partial charge in [-0.1, -0.05) is 121 Å². The minimum atomic E-state index is -3.80. The van der Waals surface area contributed by atoms with Gasteiger partial charge in [0, 0.05) is 0 Å². The number of rotatable bonds is 16. The van der Waals surface area contributed by atoms with Gasteiger partial charge in [-0.3, -0.25) is 4.18 Å². The summed E-state index contributed by atoms with van der Waals surface area (Å²) in [5, 5.41) is 0. The van der Waals surface area contributed by atoms with Crippen LogP contribution in [0.3, 0.4) is 0 Å². The zero-order valence-corrected chi connectivity index (χ0v) is 28.0. The van der Waals surface area contributed by atoms with E-state index in [1.165, 1.54) is 34.4 Å². The number of aryl methyl sites for hydroxylation is 3. The molecule has 0 fully saturated rings. The Kier molecular flexibility index (Phi) is 11.6. The molecule has 0 amide bonds. The number of benzene rings is 5. The van der Waals surface area contributed by atoms with Crippen molar-refractivity contribution in [1.29, 1.82) is 0 Å². The van der Waals surface area contributed by atoms with Crippen molar-refractivity contribution in [2.24, 2.45) is 0 Å². The topological polar surface area (TPSA) is 71.1 Å². The normalized spacial score (nSPS) is 11.8. The third-order valence-electron chi connectivity index (χ3n) is 8.14. The Morgan fingerprint density at radius 2 is 0.936 bits per heavy atom. The summed E-state index contributed by atoms with van der Waals surface area (Å²) in [7, 11) is -3.80. The van der Waals surface area contributed by atoms with E-state index in [1.807, 2.05) is 6.92 Å². The van der Waals surface area contributed by atoms with Gasteiger partial charge in [0.25, 0.3) is 10.1 Å². The predicted molar refractivity (Wildman–Crippen MR) is 186 cm³/mol. The first-order valence-electron chi connectivity index (χ1n) is 15.8. The van der Waals surface area contributed by atoms with Crippen molar-refractivity contribution in [3.05, 3.63) is 166 Å². The van der Waals surface area contributed by atoms with Crippen LogP contribution in [0, 0.1) is 20.8 Å². The van der Waals surface area contributed by atoms with Gasteiger partial charge in [0.2, 0.25) is 0 Å². The molecule has 5 rings (SSSR count). The van der Waals surface area contributed by atoms with Crippen LogP contribution in [-0.4, -0.2) is 48.1 Å². The minimum absolute atomic E-state index is 0.0615. The molecule has 0 heterocycles. The highest BCUT2D eigenvalue weighted by atomic mass is 32.2. The fraction of sp³-hybridized carbons (Fsp3) is 0.250. The van der Waals surface area contributed by atoms with Gasteiger partial charge in [0.05, 0.1) is 43.3 Å². The zero-order chi connectivity index (χ0) is 33.1. The Morgan fingerprint density at radius 1 is 0.511 bits per heavy atom. The predicted octanol–water partition coefficient (Wildman–Crippen LogP) is 7.81. The molecule has 0 bridgehead atoms. The highest BCUT2D eigenvalue weighted by Crippen LogP contribution is 2.46. The lowest BCUT2D eigenvalue weighted by atomic mass is 9.64. The Balaban J connectivity index is 1.18. The molecule has 0 radical (unpaired) electrons. The molecule has 0 aliphatic carbocycles. The van der Waals surface area contributed by atoms with E-state index in [4.69, 9.17) is 18.4 Å². The van der Waals surface area contributed by atoms with Gasteiger partial charge < -0.3 is 14.2 Å². The molecule has 0 aliphatic heterocycles. The van der Waals surface area contributed by atoms with Crippen LogP contribution in [0.1, 0.15) is 38.9 Å². The summed E-state index contributed by atoms with van der Waals surface area (Å²) in [5.41, 5.74) is 7.32. The van der Waals surface area contributed by atoms with Gasteiger partial charge in [0.15, 0.2) is 0 Å². The van der Waals surface area contributed by atoms with Crippen molar-refractivity contribution >= 4 is 10.1 Å². The van der Waals surface area contributed by atoms with Crippen LogP contribution < -0.4 is 4.74 Å². The Hall–Kier alpha value is -4.27. The Labute approximate surface area is 279 Å². The SMILES string of the molecule is Cc1ccc(S(=O)(=O)OCCOCCOCCOc2c(C)cc(C(c3ccccc3)(c3ccccc3)c3ccccc3)cc2C)cc1. The van der Waals surface area contributed by atoms with Crippen molar-refractivity contribution in [3.8, 4) is 5.75 Å². The molecule has 0 aliphatic rings. The van der Waals surface area contributed by atoms with Crippen LogP contribution in [0.15, 0.2) is 132 Å². The molecule has 47 heavy (non-hydrogen) atoms. The van der Waals surface area contributed by atoms with Crippen LogP contribution >= 0.6 is 0 Å². The monoisotopic (exact) mass is 650 g/mol. The Morgan fingerprint density at radius 3 is 1.40 bits per heavy atom. The van der Waals surface area contributed by atoms with E-state index < -0.39 is 15.5 Å². The van der Waals surface area contributed by atoms with Crippen LogP contribution in [-0.2, 0) is 29.2 Å². The summed E-state index contributed by atoms with van der Waals surface area (Å²) in [6.45, 7) is 7.62. The van der Waals surface area contributed by atoms with Gasteiger partial charge in [-0.05, 0) is 66.3 Å². The van der Waals surface area contributed by atoms with Gasteiger partial charge in [-0.15, -0.1) is 0 Å². The highest BCUT2D eigenvalue weighted by Gasteiger charge is 2.38. The summed E-state index contributed by atoms with van der Waals surface area (Å²) >= 11 is 0. The number of hydrogen-bond donors (Lipinski definition) is 0. The summed E-state index contributed by atoms with van der Waals surface area (Å²) in [6, 6.07) is 43.0. The average molecular weight is 651 g/mol. The second-order valence-corrected chi connectivity index (χ2v) is 13.1. The van der Waals surface area contributed by atoms with E-state index in [2.05, 4.69) is 117 Å². The first-order chi connectivity index (χ1) is 22.8. The van der Waals surface area contributed by atoms with Crippen LogP contribution in [0.4, 0.5) is 0 Å². The van der Waals surface area contributed by atoms with Gasteiger partial charge in [-0.25, -0.2) is 0 Å². The molecule has 0 saturated heterocycles. The quantitative estimate of drug-likeness (QED) is 0.0617. The third kappa shape index (κ3) is 8.18. The number of ether oxygens (including phenoxy) is 3. The van der Waals surface area contributed by atoms with Crippen LogP contribution in [0.25, 0.3) is 0 Å². The van der Waals surface area contributed by atoms with Crippen molar-refractivity contribution < 1.29 is 26.8 Å². The van der Waals surface area contributed by atoms with E-state index >= 15 is 0 Å². The smallest absolute Gasteiger partial charge is 0.297 e. The molecule has 5 aromatic rings. The molecule has 0 unspecified atom stereocenters. The van der Waals surface area contributed by atoms with E-state index in [-0.39, 0.29) is 18.1 Å². The largest absolute Gasteiger partial charge is 0.491 e. The van der Waals surface area contributed by atoms with Gasteiger partial charge >= 0.3 is 0 Å². The lowest BCUT2D eigenvalue weighted by Gasteiger charge is -2.37. The molecule has 5 aromatic carbocycles. The summed E-state index contributed by atoms with van der Waals surface area (Å²) < 4.78 is 47.0. The van der Waals surface area contributed by atoms with Crippen molar-refractivity contribution in [3.63, 3.8) is 0 Å². The minimum Gasteiger partial charge on any atom is -0.491 e. The van der Waals surface area contributed by atoms with Crippen molar-refractivity contribution in [1.82, 2.24) is 0 Å². The maximum absolute atomic E-state index is 12.3. The lowest BCUT2D eigenvalue weighted by molar-refractivity contribution is 0.0278. The molecule has 0 N–H and O–H groups in total. The lowest BCUT2D eigenvalue weighted by Crippen LogP contribution is -2.31. The van der Waals surface area contributed by atoms with E-state index in [0.717, 1.165) is 22.4 Å². The second kappa shape index (κ2) is 16.0. The molecule has 0 spiro atoms. The molecule has 244 valence electrons. The maximum Gasteiger partial charge on any atom is 0.297 e. The average Bonchev–Trinajstić information content (AvgIpc) is 3.08.